The van der Waals surface area contributed by atoms with Crippen LogP contribution in [0.5, 0.6) is 0 Å². The molecule has 2 aromatic carbocycles. The number of aryl methyl sites for hydroxylation is 1. The zero-order chi connectivity index (χ0) is 19.6. The van der Waals surface area contributed by atoms with Crippen molar-refractivity contribution in [3.8, 4) is 17.5 Å². The summed E-state index contributed by atoms with van der Waals surface area (Å²) in [7, 11) is 0. The molecule has 0 amide bonds. The quantitative estimate of drug-likeness (QED) is 0.534. The molecule has 6 nitrogen and oxygen atoms in total. The Labute approximate surface area is 171 Å². The summed E-state index contributed by atoms with van der Waals surface area (Å²) in [4.78, 5) is 0. The number of hydrogen-bond donors (Lipinski definition) is 2. The van der Waals surface area contributed by atoms with E-state index in [4.69, 9.17) is 9.68 Å². The van der Waals surface area contributed by atoms with Gasteiger partial charge in [0.25, 0.3) is 0 Å². The van der Waals surface area contributed by atoms with Gasteiger partial charge in [0.05, 0.1) is 11.7 Å². The van der Waals surface area contributed by atoms with Gasteiger partial charge in [-0.2, -0.15) is 5.26 Å². The molecule has 7 heteroatoms. The van der Waals surface area contributed by atoms with Gasteiger partial charge in [0, 0.05) is 14.8 Å². The minimum atomic E-state index is -0.761. The highest BCUT2D eigenvalue weighted by molar-refractivity contribution is 14.1. The van der Waals surface area contributed by atoms with E-state index in [1.807, 2.05) is 44.2 Å². The van der Waals surface area contributed by atoms with Crippen molar-refractivity contribution in [1.29, 1.82) is 5.26 Å². The summed E-state index contributed by atoms with van der Waals surface area (Å²) >= 11 is 2.15. The fourth-order valence-electron chi connectivity index (χ4n) is 2.74. The molecule has 0 radical (unpaired) electrons. The highest BCUT2D eigenvalue weighted by Crippen LogP contribution is 2.30. The first kappa shape index (κ1) is 19.3. The molecular weight excluding hydrogens is 455 g/mol. The Morgan fingerprint density at radius 1 is 1.22 bits per heavy atom. The van der Waals surface area contributed by atoms with Crippen LogP contribution in [0.15, 0.2) is 40.8 Å². The number of hydrogen-bond acceptors (Lipinski definition) is 6. The third-order valence-corrected chi connectivity index (χ3v) is 5.66. The highest BCUT2D eigenvalue weighted by atomic mass is 127. The van der Waals surface area contributed by atoms with Crippen LogP contribution in [0.4, 0.5) is 5.69 Å². The van der Waals surface area contributed by atoms with Crippen molar-refractivity contribution < 1.29 is 9.52 Å². The van der Waals surface area contributed by atoms with Gasteiger partial charge in [0.1, 0.15) is 12.1 Å². The molecule has 2 atom stereocenters. The van der Waals surface area contributed by atoms with Gasteiger partial charge in [-0.25, -0.2) is 0 Å². The van der Waals surface area contributed by atoms with Gasteiger partial charge in [-0.05, 0) is 73.2 Å². The lowest BCUT2D eigenvalue weighted by molar-refractivity contribution is 0.159. The summed E-state index contributed by atoms with van der Waals surface area (Å²) in [5.41, 5.74) is 4.28. The molecule has 3 aromatic rings. The van der Waals surface area contributed by atoms with Crippen LogP contribution in [0.3, 0.4) is 0 Å². The van der Waals surface area contributed by atoms with Crippen molar-refractivity contribution in [2.24, 2.45) is 0 Å². The third kappa shape index (κ3) is 4.12. The molecule has 1 aromatic heterocycles. The molecule has 138 valence electrons. The van der Waals surface area contributed by atoms with Crippen LogP contribution in [0.2, 0.25) is 0 Å². The van der Waals surface area contributed by atoms with Crippen LogP contribution >= 0.6 is 22.6 Å². The molecule has 0 fully saturated rings. The van der Waals surface area contributed by atoms with Crippen LogP contribution in [0.25, 0.3) is 11.5 Å². The van der Waals surface area contributed by atoms with Crippen molar-refractivity contribution in [1.82, 2.24) is 10.2 Å². The topological polar surface area (TPSA) is 95.0 Å². The van der Waals surface area contributed by atoms with Gasteiger partial charge < -0.3 is 14.8 Å². The van der Waals surface area contributed by atoms with Gasteiger partial charge in [-0.3, -0.25) is 0 Å². The number of anilines is 1. The number of rotatable bonds is 5. The predicted molar refractivity (Wildman–Crippen MR) is 111 cm³/mol. The van der Waals surface area contributed by atoms with E-state index < -0.39 is 12.1 Å². The molecule has 27 heavy (non-hydrogen) atoms. The van der Waals surface area contributed by atoms with Gasteiger partial charge >= 0.3 is 0 Å². The first-order valence-corrected chi connectivity index (χ1v) is 9.53. The fourth-order valence-corrected chi connectivity index (χ4v) is 3.33. The number of benzene rings is 2. The predicted octanol–water partition coefficient (Wildman–Crippen LogP) is 4.36. The maximum Gasteiger partial charge on any atom is 0.247 e. The minimum Gasteiger partial charge on any atom is -0.418 e. The molecule has 1 heterocycles. The summed E-state index contributed by atoms with van der Waals surface area (Å²) < 4.78 is 6.71. The normalized spacial score (nSPS) is 13.0. The van der Waals surface area contributed by atoms with Crippen molar-refractivity contribution in [2.45, 2.75) is 32.9 Å². The average molecular weight is 474 g/mol. The first-order valence-electron chi connectivity index (χ1n) is 8.45. The zero-order valence-electron chi connectivity index (χ0n) is 15.2. The van der Waals surface area contributed by atoms with E-state index in [0.717, 1.165) is 25.9 Å². The Balaban J connectivity index is 1.92. The van der Waals surface area contributed by atoms with Gasteiger partial charge in [-0.15, -0.1) is 10.2 Å². The largest absolute Gasteiger partial charge is 0.418 e. The second-order valence-corrected chi connectivity index (χ2v) is 7.47. The van der Waals surface area contributed by atoms with E-state index in [2.05, 4.69) is 44.2 Å². The summed E-state index contributed by atoms with van der Waals surface area (Å²) in [6.07, 6.45) is -0.761. The van der Waals surface area contributed by atoms with Gasteiger partial charge in [0.2, 0.25) is 11.8 Å². The molecule has 0 saturated heterocycles. The highest BCUT2D eigenvalue weighted by Gasteiger charge is 2.25. The van der Waals surface area contributed by atoms with Gasteiger partial charge in [-0.1, -0.05) is 17.7 Å². The number of aliphatic hydroxyl groups excluding tert-OH is 1. The van der Waals surface area contributed by atoms with Crippen LogP contribution in [0.1, 0.15) is 35.5 Å². The van der Waals surface area contributed by atoms with E-state index in [9.17, 15) is 5.11 Å². The minimum absolute atomic E-state index is 0.306. The van der Waals surface area contributed by atoms with E-state index in [1.54, 1.807) is 13.0 Å². The van der Waals surface area contributed by atoms with Crippen LogP contribution < -0.4 is 5.32 Å². The molecule has 0 aliphatic heterocycles. The van der Waals surface area contributed by atoms with Crippen molar-refractivity contribution in [2.75, 3.05) is 5.32 Å². The van der Waals surface area contributed by atoms with E-state index in [-0.39, 0.29) is 0 Å². The Kier molecular flexibility index (Phi) is 5.77. The average Bonchev–Trinajstić information content (AvgIpc) is 3.12. The third-order valence-electron chi connectivity index (χ3n) is 4.27. The molecule has 0 bridgehead atoms. The maximum absolute atomic E-state index is 10.3. The van der Waals surface area contributed by atoms with Crippen LogP contribution in [-0.2, 0) is 0 Å². The molecule has 0 aliphatic rings. The Hall–Kier alpha value is -2.44. The molecule has 0 unspecified atom stereocenters. The summed E-state index contributed by atoms with van der Waals surface area (Å²) in [6, 6.07) is 13.0. The van der Waals surface area contributed by atoms with Gasteiger partial charge in [0.15, 0.2) is 0 Å². The number of nitrogens with one attached hydrogen (secondary N) is 1. The second-order valence-electron chi connectivity index (χ2n) is 6.39. The zero-order valence-corrected chi connectivity index (χ0v) is 17.4. The number of aromatic nitrogens is 2. The lowest BCUT2D eigenvalue weighted by Crippen LogP contribution is -2.23. The molecule has 2 N–H and O–H groups in total. The van der Waals surface area contributed by atoms with E-state index in [0.29, 0.717) is 17.3 Å². The number of halogens is 1. The fraction of sp³-hybridized carbons (Fsp3) is 0.250. The Morgan fingerprint density at radius 3 is 2.67 bits per heavy atom. The molecule has 0 saturated carbocycles. The van der Waals surface area contributed by atoms with Crippen molar-refractivity contribution in [3.05, 3.63) is 62.5 Å². The van der Waals surface area contributed by atoms with Crippen LogP contribution in [-0.4, -0.2) is 21.4 Å². The van der Waals surface area contributed by atoms with E-state index in [1.165, 1.54) is 0 Å². The van der Waals surface area contributed by atoms with Crippen molar-refractivity contribution in [3.63, 3.8) is 0 Å². The Bertz CT molecular complexity index is 1010. The van der Waals surface area contributed by atoms with Crippen molar-refractivity contribution >= 4 is 28.3 Å². The SMILES string of the molecule is Cc1cccc(-c2nnc([C@H](Nc3ccc(C#N)c(I)c3C)[C@H](C)O)o2)c1. The Morgan fingerprint density at radius 2 is 2.00 bits per heavy atom. The lowest BCUT2D eigenvalue weighted by atomic mass is 10.1. The molecular formula is C20H19IN4O2. The second kappa shape index (κ2) is 8.06. The molecule has 3 rings (SSSR count). The number of nitrogens with zero attached hydrogens (tertiary/aromatic N) is 3. The number of aliphatic hydroxyl groups is 1. The molecule has 0 aliphatic carbocycles. The monoisotopic (exact) mass is 474 g/mol. The summed E-state index contributed by atoms with van der Waals surface area (Å²) in [5.74, 6) is 0.715. The van der Waals surface area contributed by atoms with E-state index >= 15 is 0 Å². The summed E-state index contributed by atoms with van der Waals surface area (Å²) in [6.45, 7) is 5.59. The van der Waals surface area contributed by atoms with Crippen LogP contribution in [0, 0.1) is 28.7 Å². The lowest BCUT2D eigenvalue weighted by Gasteiger charge is -2.21. The molecule has 0 spiro atoms. The smallest absolute Gasteiger partial charge is 0.247 e. The first-order chi connectivity index (χ1) is 12.9. The number of nitriles is 1. The standard InChI is InChI=1S/C20H19IN4O2/c1-11-5-4-6-14(9-11)19-24-25-20(27-19)18(13(3)26)23-16-8-7-15(10-22)17(21)12(16)2/h4-9,13,18,23,26H,1-3H3/t13-,18+/m0/s1. The maximum atomic E-state index is 10.3. The summed E-state index contributed by atoms with van der Waals surface area (Å²) in [5, 5.41) is 31.0.